The van der Waals surface area contributed by atoms with Crippen LogP contribution in [-0.4, -0.2) is 33.0 Å². The van der Waals surface area contributed by atoms with Crippen LogP contribution in [0, 0.1) is 5.92 Å². The Bertz CT molecular complexity index is 281. The quantitative estimate of drug-likeness (QED) is 0.748. The first-order chi connectivity index (χ1) is 7.59. The molecule has 0 aromatic rings. The highest BCUT2D eigenvalue weighted by molar-refractivity contribution is 7.91. The Hall–Kier alpha value is -0.0900. The van der Waals surface area contributed by atoms with Crippen molar-refractivity contribution in [1.29, 1.82) is 0 Å². The highest BCUT2D eigenvalue weighted by atomic mass is 32.2. The van der Waals surface area contributed by atoms with Crippen LogP contribution in [0.1, 0.15) is 45.4 Å². The van der Waals surface area contributed by atoms with Crippen LogP contribution < -0.4 is 5.32 Å². The summed E-state index contributed by atoms with van der Waals surface area (Å²) in [5, 5.41) is 3.35. The molecule has 1 saturated carbocycles. The van der Waals surface area contributed by atoms with Crippen molar-refractivity contribution in [3.8, 4) is 0 Å². The molecule has 0 radical (unpaired) electrons. The van der Waals surface area contributed by atoms with Gasteiger partial charge >= 0.3 is 0 Å². The topological polar surface area (TPSA) is 46.2 Å². The molecule has 0 aromatic carbocycles. The molecule has 0 spiro atoms. The van der Waals surface area contributed by atoms with Gasteiger partial charge in [0, 0.05) is 11.8 Å². The number of nitrogens with one attached hydrogen (secondary N) is 1. The normalized spacial score (nSPS) is 20.1. The summed E-state index contributed by atoms with van der Waals surface area (Å²) in [6.07, 6.45) is 7.11. The van der Waals surface area contributed by atoms with Gasteiger partial charge in [-0.25, -0.2) is 8.42 Å². The number of hydrogen-bond donors (Lipinski definition) is 1. The van der Waals surface area contributed by atoms with Gasteiger partial charge in [-0.3, -0.25) is 0 Å². The Morgan fingerprint density at radius 2 is 1.94 bits per heavy atom. The SMILES string of the molecule is CCS(=O)(=O)CCCC(NC)C1CCCC1. The largest absolute Gasteiger partial charge is 0.317 e. The molecule has 0 saturated heterocycles. The zero-order valence-electron chi connectivity index (χ0n) is 10.5. The van der Waals surface area contributed by atoms with Crippen molar-refractivity contribution < 1.29 is 8.42 Å². The van der Waals surface area contributed by atoms with E-state index in [0.29, 0.717) is 11.8 Å². The molecule has 1 unspecified atom stereocenters. The molecular formula is C12H25NO2S. The molecule has 0 bridgehead atoms. The first kappa shape index (κ1) is 14.0. The summed E-state index contributed by atoms with van der Waals surface area (Å²) in [5.41, 5.74) is 0. The van der Waals surface area contributed by atoms with Crippen molar-refractivity contribution >= 4 is 9.84 Å². The first-order valence-electron chi connectivity index (χ1n) is 6.46. The fraction of sp³-hybridized carbons (Fsp3) is 1.00. The third kappa shape index (κ3) is 4.42. The van der Waals surface area contributed by atoms with Gasteiger partial charge in [-0.15, -0.1) is 0 Å². The third-order valence-corrected chi connectivity index (χ3v) is 5.54. The van der Waals surface area contributed by atoms with Gasteiger partial charge in [-0.1, -0.05) is 19.8 Å². The first-order valence-corrected chi connectivity index (χ1v) is 8.29. The van der Waals surface area contributed by atoms with E-state index in [2.05, 4.69) is 5.32 Å². The van der Waals surface area contributed by atoms with E-state index >= 15 is 0 Å². The van der Waals surface area contributed by atoms with E-state index in [0.717, 1.165) is 18.8 Å². The van der Waals surface area contributed by atoms with E-state index in [9.17, 15) is 8.42 Å². The summed E-state index contributed by atoms with van der Waals surface area (Å²) < 4.78 is 22.7. The Labute approximate surface area is 99.9 Å². The van der Waals surface area contributed by atoms with Gasteiger partial charge in [0.2, 0.25) is 0 Å². The molecule has 0 amide bonds. The second-order valence-corrected chi connectivity index (χ2v) is 7.29. The number of hydrogen-bond acceptors (Lipinski definition) is 3. The minimum absolute atomic E-state index is 0.278. The zero-order valence-corrected chi connectivity index (χ0v) is 11.4. The Morgan fingerprint density at radius 1 is 1.31 bits per heavy atom. The van der Waals surface area contributed by atoms with Gasteiger partial charge in [0.05, 0.1) is 5.75 Å². The van der Waals surface area contributed by atoms with E-state index in [1.807, 2.05) is 7.05 Å². The van der Waals surface area contributed by atoms with Crippen LogP contribution in [0.25, 0.3) is 0 Å². The minimum atomic E-state index is -2.77. The molecule has 0 aromatic heterocycles. The third-order valence-electron chi connectivity index (χ3n) is 3.75. The Balaban J connectivity index is 2.29. The number of sulfone groups is 1. The highest BCUT2D eigenvalue weighted by Gasteiger charge is 2.23. The van der Waals surface area contributed by atoms with Gasteiger partial charge in [0.15, 0.2) is 0 Å². The molecule has 1 rings (SSSR count). The number of rotatable bonds is 7. The van der Waals surface area contributed by atoms with Crippen LogP contribution in [0.2, 0.25) is 0 Å². The van der Waals surface area contributed by atoms with Gasteiger partial charge in [-0.05, 0) is 38.6 Å². The fourth-order valence-electron chi connectivity index (χ4n) is 2.64. The van der Waals surface area contributed by atoms with Crippen molar-refractivity contribution in [2.24, 2.45) is 5.92 Å². The molecule has 16 heavy (non-hydrogen) atoms. The van der Waals surface area contributed by atoms with E-state index in [4.69, 9.17) is 0 Å². The zero-order chi connectivity index (χ0) is 12.0. The van der Waals surface area contributed by atoms with Crippen LogP contribution in [0.4, 0.5) is 0 Å². The van der Waals surface area contributed by atoms with Crippen LogP contribution in [0.3, 0.4) is 0 Å². The maximum atomic E-state index is 11.4. The molecule has 1 aliphatic carbocycles. The summed E-state index contributed by atoms with van der Waals surface area (Å²) in [4.78, 5) is 0. The molecular weight excluding hydrogens is 222 g/mol. The molecule has 1 atom stereocenters. The van der Waals surface area contributed by atoms with Crippen molar-refractivity contribution in [2.75, 3.05) is 18.6 Å². The average molecular weight is 247 g/mol. The lowest BCUT2D eigenvalue weighted by atomic mass is 9.95. The van der Waals surface area contributed by atoms with Crippen LogP contribution in [0.5, 0.6) is 0 Å². The maximum Gasteiger partial charge on any atom is 0.150 e. The molecule has 0 aliphatic heterocycles. The van der Waals surface area contributed by atoms with E-state index in [1.165, 1.54) is 25.7 Å². The predicted octanol–water partition coefficient (Wildman–Crippen LogP) is 1.98. The van der Waals surface area contributed by atoms with Crippen LogP contribution in [0.15, 0.2) is 0 Å². The van der Waals surface area contributed by atoms with Crippen LogP contribution >= 0.6 is 0 Å². The fourth-order valence-corrected chi connectivity index (χ4v) is 3.54. The molecule has 1 aliphatic rings. The van der Waals surface area contributed by atoms with E-state index in [-0.39, 0.29) is 5.75 Å². The van der Waals surface area contributed by atoms with Gasteiger partial charge < -0.3 is 5.32 Å². The molecule has 1 N–H and O–H groups in total. The molecule has 1 fully saturated rings. The summed E-state index contributed by atoms with van der Waals surface area (Å²) in [5.74, 6) is 1.41. The molecule has 3 nitrogen and oxygen atoms in total. The monoisotopic (exact) mass is 247 g/mol. The van der Waals surface area contributed by atoms with Gasteiger partial charge in [-0.2, -0.15) is 0 Å². The molecule has 0 heterocycles. The predicted molar refractivity (Wildman–Crippen MR) is 68.4 cm³/mol. The lowest BCUT2D eigenvalue weighted by Crippen LogP contribution is -2.32. The lowest BCUT2D eigenvalue weighted by molar-refractivity contribution is 0.357. The lowest BCUT2D eigenvalue weighted by Gasteiger charge is -2.22. The van der Waals surface area contributed by atoms with Crippen molar-refractivity contribution in [3.63, 3.8) is 0 Å². The van der Waals surface area contributed by atoms with Gasteiger partial charge in [0.25, 0.3) is 0 Å². The minimum Gasteiger partial charge on any atom is -0.317 e. The molecule has 4 heteroatoms. The summed E-state index contributed by atoms with van der Waals surface area (Å²) >= 11 is 0. The summed E-state index contributed by atoms with van der Waals surface area (Å²) in [6, 6.07) is 0.523. The Kier molecular flexibility index (Phi) is 5.76. The van der Waals surface area contributed by atoms with Gasteiger partial charge in [0.1, 0.15) is 9.84 Å². The standard InChI is InChI=1S/C12H25NO2S/c1-3-16(14,15)10-6-9-12(13-2)11-7-4-5-8-11/h11-13H,3-10H2,1-2H3. The van der Waals surface area contributed by atoms with Crippen LogP contribution in [-0.2, 0) is 9.84 Å². The van der Waals surface area contributed by atoms with Crippen molar-refractivity contribution in [2.45, 2.75) is 51.5 Å². The summed E-state index contributed by atoms with van der Waals surface area (Å²) in [7, 11) is -0.777. The van der Waals surface area contributed by atoms with E-state index in [1.54, 1.807) is 6.92 Å². The van der Waals surface area contributed by atoms with E-state index < -0.39 is 9.84 Å². The van der Waals surface area contributed by atoms with Crippen molar-refractivity contribution in [3.05, 3.63) is 0 Å². The smallest absolute Gasteiger partial charge is 0.150 e. The van der Waals surface area contributed by atoms with Crippen molar-refractivity contribution in [1.82, 2.24) is 5.32 Å². The molecule has 96 valence electrons. The summed E-state index contributed by atoms with van der Waals surface area (Å²) in [6.45, 7) is 1.72. The highest BCUT2D eigenvalue weighted by Crippen LogP contribution is 2.29. The average Bonchev–Trinajstić information content (AvgIpc) is 2.78. The maximum absolute atomic E-state index is 11.4. The second kappa shape index (κ2) is 6.60. The second-order valence-electron chi connectivity index (χ2n) is 4.82. The Morgan fingerprint density at radius 3 is 2.44 bits per heavy atom.